The fraction of sp³-hybridized carbons (Fsp3) is 0.235. The summed E-state index contributed by atoms with van der Waals surface area (Å²) < 4.78 is 27.2. The first-order valence-corrected chi connectivity index (χ1v) is 9.80. The number of amides is 1. The van der Waals surface area contributed by atoms with Crippen LogP contribution in [0.1, 0.15) is 12.5 Å². The monoisotopic (exact) mass is 400 g/mol. The van der Waals surface area contributed by atoms with Crippen LogP contribution in [0, 0.1) is 0 Å². The second-order valence-electron chi connectivity index (χ2n) is 5.29. The molecule has 0 aliphatic carbocycles. The quantitative estimate of drug-likeness (QED) is 0.774. The number of hydrogen-bond acceptors (Lipinski definition) is 3. The standard InChI is InChI=1S/C17H18Cl2N2O3S/c1-2-20-17(22)12-21(11-13-6-4-3-5-7-13)25(23,24)16-10-14(18)8-9-15(16)19/h3-10H,2,11-12H2,1H3,(H,20,22). The molecular weight excluding hydrogens is 383 g/mol. The number of nitrogens with one attached hydrogen (secondary N) is 1. The molecule has 8 heteroatoms. The average molecular weight is 401 g/mol. The first kappa shape index (κ1) is 19.7. The van der Waals surface area contributed by atoms with Gasteiger partial charge in [-0.3, -0.25) is 4.79 Å². The normalized spacial score (nSPS) is 11.5. The van der Waals surface area contributed by atoms with Crippen molar-refractivity contribution in [3.8, 4) is 0 Å². The highest BCUT2D eigenvalue weighted by molar-refractivity contribution is 7.89. The van der Waals surface area contributed by atoms with Crippen molar-refractivity contribution in [2.75, 3.05) is 13.1 Å². The smallest absolute Gasteiger partial charge is 0.245 e. The van der Waals surface area contributed by atoms with Gasteiger partial charge in [-0.15, -0.1) is 0 Å². The van der Waals surface area contributed by atoms with Crippen LogP contribution in [-0.4, -0.2) is 31.7 Å². The lowest BCUT2D eigenvalue weighted by atomic mass is 10.2. The summed E-state index contributed by atoms with van der Waals surface area (Å²) in [5, 5.41) is 2.91. The van der Waals surface area contributed by atoms with E-state index in [2.05, 4.69) is 5.32 Å². The van der Waals surface area contributed by atoms with Gasteiger partial charge in [-0.25, -0.2) is 8.42 Å². The van der Waals surface area contributed by atoms with E-state index in [0.717, 1.165) is 9.87 Å². The summed E-state index contributed by atoms with van der Waals surface area (Å²) in [5.74, 6) is -0.389. The van der Waals surface area contributed by atoms with E-state index in [4.69, 9.17) is 23.2 Å². The molecule has 134 valence electrons. The summed E-state index contributed by atoms with van der Waals surface area (Å²) in [4.78, 5) is 11.9. The zero-order chi connectivity index (χ0) is 18.4. The van der Waals surface area contributed by atoms with Crippen LogP contribution >= 0.6 is 23.2 Å². The third-order valence-electron chi connectivity index (χ3n) is 3.41. The van der Waals surface area contributed by atoms with Gasteiger partial charge < -0.3 is 5.32 Å². The molecule has 0 aromatic heterocycles. The predicted molar refractivity (Wildman–Crippen MR) is 99.2 cm³/mol. The number of benzene rings is 2. The van der Waals surface area contributed by atoms with Gasteiger partial charge in [-0.05, 0) is 30.7 Å². The molecule has 0 atom stereocenters. The minimum atomic E-state index is -4.01. The van der Waals surface area contributed by atoms with Crippen LogP contribution in [0.2, 0.25) is 10.0 Å². The molecule has 5 nitrogen and oxygen atoms in total. The molecule has 0 heterocycles. The Morgan fingerprint density at radius 2 is 1.80 bits per heavy atom. The van der Waals surface area contributed by atoms with E-state index in [9.17, 15) is 13.2 Å². The van der Waals surface area contributed by atoms with Crippen molar-refractivity contribution < 1.29 is 13.2 Å². The van der Waals surface area contributed by atoms with Crippen molar-refractivity contribution in [3.63, 3.8) is 0 Å². The lowest BCUT2D eigenvalue weighted by Crippen LogP contribution is -2.40. The number of likely N-dealkylation sites (N-methyl/N-ethyl adjacent to an activating group) is 1. The van der Waals surface area contributed by atoms with Crippen molar-refractivity contribution in [1.29, 1.82) is 0 Å². The summed E-state index contributed by atoms with van der Waals surface area (Å²) >= 11 is 12.0. The molecule has 0 saturated carbocycles. The second-order valence-corrected chi connectivity index (χ2v) is 8.04. The molecule has 0 aliphatic rings. The molecule has 0 spiro atoms. The Kier molecular flexibility index (Phi) is 6.84. The molecule has 0 aliphatic heterocycles. The summed E-state index contributed by atoms with van der Waals surface area (Å²) in [6, 6.07) is 13.2. The SMILES string of the molecule is CCNC(=O)CN(Cc1ccccc1)S(=O)(=O)c1cc(Cl)ccc1Cl. The maximum absolute atomic E-state index is 13.1. The van der Waals surface area contributed by atoms with Gasteiger partial charge in [0.1, 0.15) is 4.90 Å². The fourth-order valence-electron chi connectivity index (χ4n) is 2.24. The average Bonchev–Trinajstić information content (AvgIpc) is 2.57. The van der Waals surface area contributed by atoms with Crippen LogP contribution in [0.5, 0.6) is 0 Å². The van der Waals surface area contributed by atoms with Crippen molar-refractivity contribution in [2.45, 2.75) is 18.4 Å². The molecule has 1 N–H and O–H groups in total. The largest absolute Gasteiger partial charge is 0.355 e. The Morgan fingerprint density at radius 1 is 1.12 bits per heavy atom. The number of nitrogens with zero attached hydrogens (tertiary/aromatic N) is 1. The fourth-order valence-corrected chi connectivity index (χ4v) is 4.36. The number of halogens is 2. The van der Waals surface area contributed by atoms with Gasteiger partial charge in [0, 0.05) is 18.1 Å². The van der Waals surface area contributed by atoms with Gasteiger partial charge in [-0.1, -0.05) is 53.5 Å². The molecule has 2 aromatic rings. The molecule has 25 heavy (non-hydrogen) atoms. The molecule has 2 aromatic carbocycles. The van der Waals surface area contributed by atoms with E-state index in [0.29, 0.717) is 6.54 Å². The van der Waals surface area contributed by atoms with Crippen LogP contribution in [0.15, 0.2) is 53.4 Å². The minimum absolute atomic E-state index is 0.0448. The van der Waals surface area contributed by atoms with Crippen LogP contribution in [0.4, 0.5) is 0 Å². The van der Waals surface area contributed by atoms with Gasteiger partial charge in [0.15, 0.2) is 0 Å². The number of carbonyl (C=O) groups is 1. The number of hydrogen-bond donors (Lipinski definition) is 1. The summed E-state index contributed by atoms with van der Waals surface area (Å²) in [7, 11) is -4.01. The molecule has 0 saturated heterocycles. The topological polar surface area (TPSA) is 66.5 Å². The van der Waals surface area contributed by atoms with Crippen LogP contribution < -0.4 is 5.32 Å². The first-order valence-electron chi connectivity index (χ1n) is 7.60. The van der Waals surface area contributed by atoms with E-state index in [-0.39, 0.29) is 33.9 Å². The van der Waals surface area contributed by atoms with E-state index in [1.807, 2.05) is 6.07 Å². The Morgan fingerprint density at radius 3 is 2.44 bits per heavy atom. The van der Waals surface area contributed by atoms with Crippen molar-refractivity contribution >= 4 is 39.1 Å². The lowest BCUT2D eigenvalue weighted by Gasteiger charge is -2.22. The highest BCUT2D eigenvalue weighted by Gasteiger charge is 2.29. The van der Waals surface area contributed by atoms with Crippen LogP contribution in [0.3, 0.4) is 0 Å². The molecule has 0 radical (unpaired) electrons. The van der Waals surface area contributed by atoms with E-state index in [1.54, 1.807) is 31.2 Å². The number of rotatable bonds is 7. The zero-order valence-corrected chi connectivity index (χ0v) is 15.9. The highest BCUT2D eigenvalue weighted by Crippen LogP contribution is 2.28. The summed E-state index contributed by atoms with van der Waals surface area (Å²) in [5.41, 5.74) is 0.758. The Balaban J connectivity index is 2.41. The van der Waals surface area contributed by atoms with E-state index in [1.165, 1.54) is 18.2 Å². The lowest BCUT2D eigenvalue weighted by molar-refractivity contribution is -0.121. The van der Waals surface area contributed by atoms with Gasteiger partial charge in [-0.2, -0.15) is 4.31 Å². The third kappa shape index (κ3) is 5.19. The van der Waals surface area contributed by atoms with E-state index >= 15 is 0 Å². The number of carbonyl (C=O) groups excluding carboxylic acids is 1. The highest BCUT2D eigenvalue weighted by atomic mass is 35.5. The molecule has 0 bridgehead atoms. The van der Waals surface area contributed by atoms with Crippen molar-refractivity contribution in [1.82, 2.24) is 9.62 Å². The van der Waals surface area contributed by atoms with Crippen LogP contribution in [0.25, 0.3) is 0 Å². The molecular formula is C17H18Cl2N2O3S. The van der Waals surface area contributed by atoms with Gasteiger partial charge >= 0.3 is 0 Å². The second kappa shape index (κ2) is 8.67. The van der Waals surface area contributed by atoms with Gasteiger partial charge in [0.25, 0.3) is 0 Å². The minimum Gasteiger partial charge on any atom is -0.355 e. The third-order valence-corrected chi connectivity index (χ3v) is 5.92. The van der Waals surface area contributed by atoms with Crippen molar-refractivity contribution in [3.05, 3.63) is 64.1 Å². The zero-order valence-electron chi connectivity index (χ0n) is 13.6. The Hall–Kier alpha value is -1.60. The predicted octanol–water partition coefficient (Wildman–Crippen LogP) is 3.32. The molecule has 0 fully saturated rings. The van der Waals surface area contributed by atoms with Gasteiger partial charge in [0.05, 0.1) is 11.6 Å². The molecule has 2 rings (SSSR count). The summed E-state index contributed by atoms with van der Waals surface area (Å²) in [6.45, 7) is 1.91. The first-order chi connectivity index (χ1) is 11.8. The molecule has 0 unspecified atom stereocenters. The Labute approximate surface area is 157 Å². The summed E-state index contributed by atoms with van der Waals surface area (Å²) in [6.07, 6.45) is 0. The van der Waals surface area contributed by atoms with Gasteiger partial charge in [0.2, 0.25) is 15.9 Å². The van der Waals surface area contributed by atoms with Crippen LogP contribution in [-0.2, 0) is 21.4 Å². The maximum atomic E-state index is 13.1. The maximum Gasteiger partial charge on any atom is 0.245 e. The number of sulfonamides is 1. The van der Waals surface area contributed by atoms with Crippen molar-refractivity contribution in [2.24, 2.45) is 0 Å². The molecule has 1 amide bonds. The Bertz CT molecular complexity index is 842. The van der Waals surface area contributed by atoms with E-state index < -0.39 is 10.0 Å².